The van der Waals surface area contributed by atoms with Crippen molar-refractivity contribution in [3.8, 4) is 0 Å². The van der Waals surface area contributed by atoms with Gasteiger partial charge in [-0.25, -0.2) is 9.97 Å². The molecule has 1 unspecified atom stereocenters. The van der Waals surface area contributed by atoms with E-state index >= 15 is 0 Å². The number of carbonyl (C=O) groups excluding carboxylic acids is 1. The van der Waals surface area contributed by atoms with Crippen LogP contribution in [0.2, 0.25) is 0 Å². The number of fused-ring (bicyclic) bond motifs is 1. The standard InChI is InChI=1S/C22H25BrN4OS/c1-12-11-16(23)8-9-17(12)26-21(28)19-14(3)18-20(24-15(4)25-22(18)29-19)27-10-6-5-7-13(27)2/h8-9,11,13H,5-7,10H2,1-4H3,(H,26,28). The van der Waals surface area contributed by atoms with Gasteiger partial charge in [-0.2, -0.15) is 0 Å². The summed E-state index contributed by atoms with van der Waals surface area (Å²) in [6, 6.07) is 6.30. The molecule has 5 nitrogen and oxygen atoms in total. The summed E-state index contributed by atoms with van der Waals surface area (Å²) in [6.07, 6.45) is 3.60. The summed E-state index contributed by atoms with van der Waals surface area (Å²) in [6.45, 7) is 9.19. The Morgan fingerprint density at radius 1 is 1.24 bits per heavy atom. The minimum Gasteiger partial charge on any atom is -0.353 e. The zero-order chi connectivity index (χ0) is 20.7. The van der Waals surface area contributed by atoms with E-state index in [4.69, 9.17) is 4.98 Å². The molecule has 1 saturated heterocycles. The quantitative estimate of drug-likeness (QED) is 0.506. The summed E-state index contributed by atoms with van der Waals surface area (Å²) < 4.78 is 0.997. The Kier molecular flexibility index (Phi) is 5.62. The fourth-order valence-electron chi connectivity index (χ4n) is 4.01. The normalized spacial score (nSPS) is 17.0. The molecular weight excluding hydrogens is 448 g/mol. The molecule has 1 atom stereocenters. The molecule has 0 aliphatic carbocycles. The molecular formula is C22H25BrN4OS. The van der Waals surface area contributed by atoms with Crippen LogP contribution in [-0.2, 0) is 0 Å². The van der Waals surface area contributed by atoms with Crippen LogP contribution in [0, 0.1) is 20.8 Å². The van der Waals surface area contributed by atoms with Crippen LogP contribution in [0.15, 0.2) is 22.7 Å². The number of halogens is 1. The number of anilines is 2. The smallest absolute Gasteiger partial charge is 0.266 e. The molecule has 0 spiro atoms. The zero-order valence-corrected chi connectivity index (χ0v) is 19.6. The van der Waals surface area contributed by atoms with Crippen LogP contribution in [0.3, 0.4) is 0 Å². The van der Waals surface area contributed by atoms with Gasteiger partial charge >= 0.3 is 0 Å². The number of thiophene rings is 1. The van der Waals surface area contributed by atoms with Crippen molar-refractivity contribution < 1.29 is 4.79 Å². The highest BCUT2D eigenvalue weighted by molar-refractivity contribution is 9.10. The molecule has 1 N–H and O–H groups in total. The Labute approximate surface area is 183 Å². The van der Waals surface area contributed by atoms with Gasteiger partial charge in [0.2, 0.25) is 0 Å². The van der Waals surface area contributed by atoms with E-state index in [1.807, 2.05) is 39.0 Å². The highest BCUT2D eigenvalue weighted by atomic mass is 79.9. The van der Waals surface area contributed by atoms with E-state index in [0.717, 1.165) is 49.7 Å². The van der Waals surface area contributed by atoms with E-state index < -0.39 is 0 Å². The third kappa shape index (κ3) is 3.90. The molecule has 7 heteroatoms. The first-order valence-electron chi connectivity index (χ1n) is 9.97. The average molecular weight is 473 g/mol. The number of rotatable bonds is 3. The molecule has 4 rings (SSSR count). The van der Waals surface area contributed by atoms with Gasteiger partial charge in [-0.05, 0) is 76.3 Å². The Bertz CT molecular complexity index is 1090. The topological polar surface area (TPSA) is 58.1 Å². The molecule has 3 heterocycles. The summed E-state index contributed by atoms with van der Waals surface area (Å²) >= 11 is 4.92. The number of nitrogens with zero attached hydrogens (tertiary/aromatic N) is 3. The first kappa shape index (κ1) is 20.3. The van der Waals surface area contributed by atoms with Crippen LogP contribution in [0.25, 0.3) is 10.2 Å². The van der Waals surface area contributed by atoms with Gasteiger partial charge in [-0.1, -0.05) is 15.9 Å². The van der Waals surface area contributed by atoms with E-state index in [0.29, 0.717) is 10.9 Å². The first-order valence-corrected chi connectivity index (χ1v) is 11.6. The number of nitrogens with one attached hydrogen (secondary N) is 1. The van der Waals surface area contributed by atoms with Crippen LogP contribution >= 0.6 is 27.3 Å². The van der Waals surface area contributed by atoms with Crippen LogP contribution in [0.5, 0.6) is 0 Å². The number of aryl methyl sites for hydroxylation is 3. The minimum absolute atomic E-state index is 0.0915. The van der Waals surface area contributed by atoms with Gasteiger partial charge in [0.1, 0.15) is 16.5 Å². The second kappa shape index (κ2) is 8.03. The molecule has 0 bridgehead atoms. The number of hydrogen-bond donors (Lipinski definition) is 1. The van der Waals surface area contributed by atoms with Gasteiger partial charge < -0.3 is 10.2 Å². The van der Waals surface area contributed by atoms with Crippen molar-refractivity contribution in [3.05, 3.63) is 44.5 Å². The average Bonchev–Trinajstić information content (AvgIpc) is 3.00. The lowest BCUT2D eigenvalue weighted by atomic mass is 10.0. The Hall–Kier alpha value is -1.99. The lowest BCUT2D eigenvalue weighted by molar-refractivity contribution is 0.103. The molecule has 152 valence electrons. The maximum absolute atomic E-state index is 13.1. The highest BCUT2D eigenvalue weighted by Crippen LogP contribution is 2.38. The molecule has 29 heavy (non-hydrogen) atoms. The molecule has 2 aromatic heterocycles. The maximum Gasteiger partial charge on any atom is 0.266 e. The predicted octanol–water partition coefficient (Wildman–Crippen LogP) is 6.01. The summed E-state index contributed by atoms with van der Waals surface area (Å²) in [7, 11) is 0. The molecule has 1 amide bonds. The van der Waals surface area contributed by atoms with Gasteiger partial charge in [0, 0.05) is 22.7 Å². The Morgan fingerprint density at radius 3 is 2.76 bits per heavy atom. The predicted molar refractivity (Wildman–Crippen MR) is 124 cm³/mol. The second-order valence-corrected chi connectivity index (χ2v) is 9.70. The van der Waals surface area contributed by atoms with Crippen molar-refractivity contribution in [3.63, 3.8) is 0 Å². The minimum atomic E-state index is -0.0915. The van der Waals surface area contributed by atoms with Crippen molar-refractivity contribution in [2.45, 2.75) is 53.0 Å². The summed E-state index contributed by atoms with van der Waals surface area (Å²) in [4.78, 5) is 26.5. The molecule has 3 aromatic rings. The van der Waals surface area contributed by atoms with Gasteiger partial charge in [0.25, 0.3) is 5.91 Å². The summed E-state index contributed by atoms with van der Waals surface area (Å²) in [5.74, 6) is 1.64. The number of carbonyl (C=O) groups is 1. The monoisotopic (exact) mass is 472 g/mol. The first-order chi connectivity index (χ1) is 13.8. The summed E-state index contributed by atoms with van der Waals surface area (Å²) in [5, 5.41) is 4.09. The van der Waals surface area contributed by atoms with Crippen molar-refractivity contribution in [2.75, 3.05) is 16.8 Å². The number of aromatic nitrogens is 2. The van der Waals surface area contributed by atoms with Crippen molar-refractivity contribution in [2.24, 2.45) is 0 Å². The van der Waals surface area contributed by atoms with Crippen LogP contribution in [-0.4, -0.2) is 28.5 Å². The number of benzene rings is 1. The van der Waals surface area contributed by atoms with Crippen molar-refractivity contribution >= 4 is 54.9 Å². The SMILES string of the molecule is Cc1nc(N2CCCCC2C)c2c(C)c(C(=O)Nc3ccc(Br)cc3C)sc2n1. The van der Waals surface area contributed by atoms with Crippen molar-refractivity contribution in [1.82, 2.24) is 9.97 Å². The van der Waals surface area contributed by atoms with E-state index in [1.54, 1.807) is 0 Å². The maximum atomic E-state index is 13.1. The largest absolute Gasteiger partial charge is 0.353 e. The number of piperidine rings is 1. The van der Waals surface area contributed by atoms with Gasteiger partial charge in [0.05, 0.1) is 10.3 Å². The van der Waals surface area contributed by atoms with E-state index in [-0.39, 0.29) is 5.91 Å². The molecule has 0 saturated carbocycles. The fourth-order valence-corrected chi connectivity index (χ4v) is 5.60. The lowest BCUT2D eigenvalue weighted by Crippen LogP contribution is -2.38. The van der Waals surface area contributed by atoms with E-state index in [9.17, 15) is 4.79 Å². The molecule has 0 radical (unpaired) electrons. The van der Waals surface area contributed by atoms with E-state index in [2.05, 4.69) is 38.1 Å². The number of amides is 1. The molecule has 1 aromatic carbocycles. The van der Waals surface area contributed by atoms with Gasteiger partial charge in [0.15, 0.2) is 0 Å². The van der Waals surface area contributed by atoms with Crippen LogP contribution in [0.4, 0.5) is 11.5 Å². The molecule has 1 aliphatic heterocycles. The highest BCUT2D eigenvalue weighted by Gasteiger charge is 2.26. The lowest BCUT2D eigenvalue weighted by Gasteiger charge is -2.35. The third-order valence-corrected chi connectivity index (χ3v) is 7.28. The van der Waals surface area contributed by atoms with Crippen molar-refractivity contribution in [1.29, 1.82) is 0 Å². The van der Waals surface area contributed by atoms with Crippen LogP contribution in [0.1, 0.15) is 52.8 Å². The Morgan fingerprint density at radius 2 is 2.03 bits per heavy atom. The molecule has 1 aliphatic rings. The van der Waals surface area contributed by atoms with Crippen LogP contribution < -0.4 is 10.2 Å². The number of hydrogen-bond acceptors (Lipinski definition) is 5. The second-order valence-electron chi connectivity index (χ2n) is 7.78. The summed E-state index contributed by atoms with van der Waals surface area (Å²) in [5.41, 5.74) is 2.80. The van der Waals surface area contributed by atoms with Gasteiger partial charge in [-0.3, -0.25) is 4.79 Å². The van der Waals surface area contributed by atoms with E-state index in [1.165, 1.54) is 30.6 Å². The zero-order valence-electron chi connectivity index (χ0n) is 17.2. The Balaban J connectivity index is 1.75. The fraction of sp³-hybridized carbons (Fsp3) is 0.409. The van der Waals surface area contributed by atoms with Gasteiger partial charge in [-0.15, -0.1) is 11.3 Å². The third-order valence-electron chi connectivity index (χ3n) is 5.60. The molecule has 1 fully saturated rings.